The number of ether oxygens (including phenoxy) is 1. The zero-order chi connectivity index (χ0) is 33.9. The monoisotopic (exact) mass is 671 g/mol. The number of aryl methyl sites for hydroxylation is 2. The minimum absolute atomic E-state index is 0.0760. The Labute approximate surface area is 270 Å². The molecule has 3 atom stereocenters. The Kier molecular flexibility index (Phi) is 15.2. The molecular formula is C32H53N3O8S2. The van der Waals surface area contributed by atoms with Crippen molar-refractivity contribution in [2.45, 2.75) is 92.9 Å². The maximum absolute atomic E-state index is 13.1. The first-order valence-corrected chi connectivity index (χ1v) is 19.4. The first-order chi connectivity index (χ1) is 21.0. The van der Waals surface area contributed by atoms with Gasteiger partial charge in [-0.2, -0.15) is 4.31 Å². The molecule has 0 unspecified atom stereocenters. The van der Waals surface area contributed by atoms with Gasteiger partial charge in [0.1, 0.15) is 17.5 Å². The molecule has 2 aromatic rings. The summed E-state index contributed by atoms with van der Waals surface area (Å²) >= 11 is 0. The molecule has 13 heteroatoms. The third kappa shape index (κ3) is 12.4. The van der Waals surface area contributed by atoms with Crippen LogP contribution >= 0.6 is 0 Å². The fourth-order valence-electron chi connectivity index (χ4n) is 5.54. The topological polar surface area (TPSA) is 147 Å². The predicted octanol–water partition coefficient (Wildman–Crippen LogP) is 5.13. The van der Waals surface area contributed by atoms with E-state index in [1.165, 1.54) is 19.6 Å². The lowest BCUT2D eigenvalue weighted by atomic mass is 9.86. The quantitative estimate of drug-likeness (QED) is 0.270. The summed E-state index contributed by atoms with van der Waals surface area (Å²) in [5.41, 5.74) is 2.69. The SMILES string of the molecule is CCN(CC)CC.Cc1ccc(-c2nc(CO[C@@H]3CCC[C@H](CN([C@H](C(=O)O)C(C)C)S(=O)(=O)CS(C)(=O)=O)C3)c(C)o2)cc1. The standard InChI is InChI=1S/C26H38N2O8S2.C6H15N/c1-17(2)24(26(29)30)28(38(33,34)16-37(5,31)32)14-20-7-6-8-22(13-20)35-15-23-19(4)36-25(27-23)21-11-9-18(3)10-12-21;1-4-7(5-2)6-3/h9-12,17,20,22,24H,6-8,13-16H2,1-5H3,(H,29,30);4-6H2,1-3H3/t20-,22+,24-;/m0./s1. The van der Waals surface area contributed by atoms with Crippen molar-refractivity contribution in [1.29, 1.82) is 0 Å². The summed E-state index contributed by atoms with van der Waals surface area (Å²) in [7, 11) is -8.26. The average Bonchev–Trinajstić information content (AvgIpc) is 3.32. The van der Waals surface area contributed by atoms with Crippen LogP contribution in [0.2, 0.25) is 0 Å². The van der Waals surface area contributed by atoms with Crippen LogP contribution in [0.25, 0.3) is 11.5 Å². The number of sulfone groups is 1. The zero-order valence-electron chi connectivity index (χ0n) is 28.2. The summed E-state index contributed by atoms with van der Waals surface area (Å²) in [6, 6.07) is 6.51. The molecule has 1 aromatic heterocycles. The van der Waals surface area contributed by atoms with Crippen molar-refractivity contribution < 1.29 is 35.9 Å². The van der Waals surface area contributed by atoms with Gasteiger partial charge in [-0.15, -0.1) is 0 Å². The number of sulfonamides is 1. The molecule has 0 saturated heterocycles. The van der Waals surface area contributed by atoms with Crippen LogP contribution in [0.5, 0.6) is 0 Å². The number of nitrogens with zero attached hydrogens (tertiary/aromatic N) is 3. The van der Waals surface area contributed by atoms with E-state index < -0.39 is 42.9 Å². The number of benzene rings is 1. The summed E-state index contributed by atoms with van der Waals surface area (Å²) in [5.74, 6) is -0.845. The number of aromatic nitrogens is 1. The Hall–Kier alpha value is -2.32. The largest absolute Gasteiger partial charge is 0.480 e. The van der Waals surface area contributed by atoms with Crippen LogP contribution in [-0.2, 0) is 36.0 Å². The minimum atomic E-state index is -4.37. The minimum Gasteiger partial charge on any atom is -0.480 e. The average molecular weight is 672 g/mol. The van der Waals surface area contributed by atoms with Gasteiger partial charge >= 0.3 is 5.97 Å². The van der Waals surface area contributed by atoms with Crippen molar-refractivity contribution in [3.63, 3.8) is 0 Å². The van der Waals surface area contributed by atoms with Crippen LogP contribution in [-0.4, -0.2) is 91.8 Å². The van der Waals surface area contributed by atoms with Crippen LogP contribution in [0.1, 0.15) is 77.3 Å². The van der Waals surface area contributed by atoms with E-state index in [9.17, 15) is 26.7 Å². The van der Waals surface area contributed by atoms with Gasteiger partial charge < -0.3 is 19.2 Å². The third-order valence-corrected chi connectivity index (χ3v) is 12.1. The van der Waals surface area contributed by atoms with Crippen molar-refractivity contribution in [2.24, 2.45) is 11.8 Å². The molecule has 0 spiro atoms. The maximum Gasteiger partial charge on any atom is 0.322 e. The number of hydrogen-bond donors (Lipinski definition) is 1. The molecule has 3 rings (SSSR count). The van der Waals surface area contributed by atoms with E-state index in [-0.39, 0.29) is 25.2 Å². The normalized spacial score (nSPS) is 18.2. The van der Waals surface area contributed by atoms with Gasteiger partial charge in [0, 0.05) is 18.4 Å². The van der Waals surface area contributed by atoms with Crippen molar-refractivity contribution in [2.75, 3.05) is 37.5 Å². The highest BCUT2D eigenvalue weighted by Crippen LogP contribution is 2.31. The van der Waals surface area contributed by atoms with Crippen molar-refractivity contribution in [3.8, 4) is 11.5 Å². The lowest BCUT2D eigenvalue weighted by Gasteiger charge is -2.36. The van der Waals surface area contributed by atoms with Crippen LogP contribution in [0, 0.1) is 25.7 Å². The second-order valence-electron chi connectivity index (χ2n) is 12.2. The molecule has 0 bridgehead atoms. The molecule has 45 heavy (non-hydrogen) atoms. The molecule has 1 heterocycles. The lowest BCUT2D eigenvalue weighted by Crippen LogP contribution is -2.51. The Balaban J connectivity index is 0.000000900. The van der Waals surface area contributed by atoms with Crippen LogP contribution in [0.15, 0.2) is 28.7 Å². The molecule has 11 nitrogen and oxygen atoms in total. The molecule has 1 fully saturated rings. The smallest absolute Gasteiger partial charge is 0.322 e. The van der Waals surface area contributed by atoms with Gasteiger partial charge in [0.25, 0.3) is 0 Å². The predicted molar refractivity (Wildman–Crippen MR) is 177 cm³/mol. The fraction of sp³-hybridized carbons (Fsp3) is 0.688. The van der Waals surface area contributed by atoms with Crippen molar-refractivity contribution >= 4 is 25.8 Å². The number of carboxylic acids is 1. The molecule has 1 N–H and O–H groups in total. The Morgan fingerprint density at radius 3 is 2.13 bits per heavy atom. The van der Waals surface area contributed by atoms with E-state index in [2.05, 4.69) is 30.7 Å². The van der Waals surface area contributed by atoms with Gasteiger partial charge in [0.2, 0.25) is 15.9 Å². The Morgan fingerprint density at radius 1 is 1.04 bits per heavy atom. The summed E-state index contributed by atoms with van der Waals surface area (Å²) < 4.78 is 62.7. The number of carboxylic acid groups (broad SMARTS) is 1. The summed E-state index contributed by atoms with van der Waals surface area (Å²) in [4.78, 5) is 19.0. The first kappa shape index (κ1) is 38.9. The molecule has 1 saturated carbocycles. The number of aliphatic carboxylic acids is 1. The number of oxazole rings is 1. The van der Waals surface area contributed by atoms with E-state index >= 15 is 0 Å². The molecule has 1 aromatic carbocycles. The van der Waals surface area contributed by atoms with Gasteiger partial charge in [0.05, 0.1) is 12.7 Å². The van der Waals surface area contributed by atoms with Gasteiger partial charge in [-0.25, -0.2) is 21.8 Å². The van der Waals surface area contributed by atoms with E-state index in [0.717, 1.165) is 34.5 Å². The summed E-state index contributed by atoms with van der Waals surface area (Å²) in [5, 5.41) is 8.67. The van der Waals surface area contributed by atoms with Gasteiger partial charge in [-0.3, -0.25) is 4.79 Å². The van der Waals surface area contributed by atoms with Crippen molar-refractivity contribution in [3.05, 3.63) is 41.3 Å². The molecule has 0 aliphatic heterocycles. The zero-order valence-corrected chi connectivity index (χ0v) is 29.8. The second-order valence-corrected chi connectivity index (χ2v) is 16.7. The van der Waals surface area contributed by atoms with E-state index in [1.807, 2.05) is 38.1 Å². The Bertz CT molecular complexity index is 1410. The molecule has 0 radical (unpaired) electrons. The van der Waals surface area contributed by atoms with E-state index in [0.29, 0.717) is 30.2 Å². The lowest BCUT2D eigenvalue weighted by molar-refractivity contribution is -0.143. The second kappa shape index (κ2) is 17.6. The first-order valence-electron chi connectivity index (χ1n) is 15.8. The van der Waals surface area contributed by atoms with Crippen molar-refractivity contribution in [1.82, 2.24) is 14.2 Å². The van der Waals surface area contributed by atoms with Gasteiger partial charge in [-0.05, 0) is 76.7 Å². The highest BCUT2D eigenvalue weighted by atomic mass is 32.3. The third-order valence-electron chi connectivity index (χ3n) is 8.08. The molecule has 1 aliphatic rings. The maximum atomic E-state index is 13.1. The van der Waals surface area contributed by atoms with Crippen LogP contribution < -0.4 is 0 Å². The molecule has 0 amide bonds. The number of hydrogen-bond acceptors (Lipinski definition) is 9. The molecule has 1 aliphatic carbocycles. The van der Waals surface area contributed by atoms with E-state index in [4.69, 9.17) is 9.15 Å². The van der Waals surface area contributed by atoms with Crippen LogP contribution in [0.3, 0.4) is 0 Å². The summed E-state index contributed by atoms with van der Waals surface area (Å²) in [6.07, 6.45) is 3.43. The molecule has 256 valence electrons. The highest BCUT2D eigenvalue weighted by Gasteiger charge is 2.40. The van der Waals surface area contributed by atoms with Crippen LogP contribution in [0.4, 0.5) is 0 Å². The Morgan fingerprint density at radius 2 is 1.64 bits per heavy atom. The highest BCUT2D eigenvalue weighted by molar-refractivity contribution is 8.06. The molecular weight excluding hydrogens is 618 g/mol. The summed E-state index contributed by atoms with van der Waals surface area (Å²) in [6.45, 7) is 17.3. The number of rotatable bonds is 15. The van der Waals surface area contributed by atoms with Gasteiger partial charge in [-0.1, -0.05) is 58.7 Å². The van der Waals surface area contributed by atoms with E-state index in [1.54, 1.807) is 13.8 Å². The number of carbonyl (C=O) groups is 1. The fourth-order valence-corrected chi connectivity index (χ4v) is 9.37. The van der Waals surface area contributed by atoms with Gasteiger partial charge in [0.15, 0.2) is 14.9 Å².